The van der Waals surface area contributed by atoms with Crippen LogP contribution in [0.5, 0.6) is 0 Å². The molecule has 0 radical (unpaired) electrons. The molecule has 1 amide bonds. The molecule has 0 aliphatic carbocycles. The number of benzene rings is 1. The van der Waals surface area contributed by atoms with Crippen LogP contribution in [0.25, 0.3) is 6.08 Å². The van der Waals surface area contributed by atoms with Gasteiger partial charge in [0.05, 0.1) is 0 Å². The summed E-state index contributed by atoms with van der Waals surface area (Å²) in [7, 11) is 0. The number of pyridine rings is 1. The Morgan fingerprint density at radius 2 is 1.86 bits per heavy atom. The van der Waals surface area contributed by atoms with E-state index in [0.717, 1.165) is 17.7 Å². The molecule has 0 aliphatic rings. The Hall–Kier alpha value is -1.78. The third-order valence-electron chi connectivity index (χ3n) is 2.77. The lowest BCUT2D eigenvalue weighted by atomic mass is 10.2. The van der Waals surface area contributed by atoms with Crippen molar-refractivity contribution in [3.8, 4) is 0 Å². The Balaban J connectivity index is 0.00000242. The van der Waals surface area contributed by atoms with Crippen LogP contribution in [0.4, 0.5) is 0 Å². The van der Waals surface area contributed by atoms with Crippen LogP contribution < -0.4 is 5.32 Å². The molecule has 1 aromatic carbocycles. The molecule has 1 heterocycles. The van der Waals surface area contributed by atoms with Crippen molar-refractivity contribution in [2.75, 3.05) is 12.3 Å². The van der Waals surface area contributed by atoms with E-state index in [0.29, 0.717) is 6.54 Å². The van der Waals surface area contributed by atoms with E-state index in [1.165, 1.54) is 4.90 Å². The SMILES string of the molecule is Cl.O=C(/C=C/c1ccccc1)NCCCSc1ccncc1. The predicted molar refractivity (Wildman–Crippen MR) is 95.3 cm³/mol. The fourth-order valence-corrected chi connectivity index (χ4v) is 2.54. The topological polar surface area (TPSA) is 42.0 Å². The minimum absolute atomic E-state index is 0. The van der Waals surface area contributed by atoms with Crippen molar-refractivity contribution in [2.24, 2.45) is 0 Å². The second-order valence-corrected chi connectivity index (χ2v) is 5.59. The number of nitrogens with one attached hydrogen (secondary N) is 1. The fourth-order valence-electron chi connectivity index (χ4n) is 1.70. The molecule has 2 rings (SSSR count). The zero-order valence-corrected chi connectivity index (χ0v) is 13.8. The molecule has 1 N–H and O–H groups in total. The van der Waals surface area contributed by atoms with Crippen LogP contribution in [-0.4, -0.2) is 23.2 Å². The number of carbonyl (C=O) groups excluding carboxylic acids is 1. The van der Waals surface area contributed by atoms with Gasteiger partial charge in [0.2, 0.25) is 5.91 Å². The number of nitrogens with zero attached hydrogens (tertiary/aromatic N) is 1. The van der Waals surface area contributed by atoms with Gasteiger partial charge in [-0.15, -0.1) is 24.2 Å². The van der Waals surface area contributed by atoms with Crippen molar-refractivity contribution in [1.29, 1.82) is 0 Å². The van der Waals surface area contributed by atoms with E-state index in [-0.39, 0.29) is 18.3 Å². The van der Waals surface area contributed by atoms with Crippen molar-refractivity contribution >= 4 is 36.2 Å². The summed E-state index contributed by atoms with van der Waals surface area (Å²) < 4.78 is 0. The maximum absolute atomic E-state index is 11.6. The van der Waals surface area contributed by atoms with E-state index in [1.54, 1.807) is 30.2 Å². The van der Waals surface area contributed by atoms with Gasteiger partial charge in [-0.1, -0.05) is 30.3 Å². The van der Waals surface area contributed by atoms with Crippen molar-refractivity contribution < 1.29 is 4.79 Å². The molecule has 0 fully saturated rings. The summed E-state index contributed by atoms with van der Waals surface area (Å²) in [4.78, 5) is 16.8. The summed E-state index contributed by atoms with van der Waals surface area (Å²) in [5.41, 5.74) is 1.03. The van der Waals surface area contributed by atoms with Crippen LogP contribution in [0.3, 0.4) is 0 Å². The van der Waals surface area contributed by atoms with Gasteiger partial charge in [0.25, 0.3) is 0 Å². The Morgan fingerprint density at radius 1 is 1.14 bits per heavy atom. The zero-order valence-electron chi connectivity index (χ0n) is 12.1. The largest absolute Gasteiger partial charge is 0.353 e. The molecule has 22 heavy (non-hydrogen) atoms. The first-order valence-corrected chi connectivity index (χ1v) is 7.87. The maximum atomic E-state index is 11.6. The monoisotopic (exact) mass is 334 g/mol. The number of rotatable bonds is 7. The van der Waals surface area contributed by atoms with Gasteiger partial charge >= 0.3 is 0 Å². The standard InChI is InChI=1S/C17H18N2OS.ClH/c20-17(8-7-15-5-2-1-3-6-15)19-11-4-14-21-16-9-12-18-13-10-16;/h1-3,5-10,12-13H,4,11,14H2,(H,19,20);1H/b8-7+;. The van der Waals surface area contributed by atoms with Crippen LogP contribution in [0, 0.1) is 0 Å². The van der Waals surface area contributed by atoms with E-state index in [4.69, 9.17) is 0 Å². The summed E-state index contributed by atoms with van der Waals surface area (Å²) in [5, 5.41) is 2.89. The number of carbonyl (C=O) groups is 1. The quantitative estimate of drug-likeness (QED) is 0.475. The third-order valence-corrected chi connectivity index (χ3v) is 3.86. The summed E-state index contributed by atoms with van der Waals surface area (Å²) in [6.07, 6.45) is 7.92. The summed E-state index contributed by atoms with van der Waals surface area (Å²) in [5.74, 6) is 0.930. The van der Waals surface area contributed by atoms with Crippen LogP contribution in [0.1, 0.15) is 12.0 Å². The second kappa shape index (κ2) is 10.9. The third kappa shape index (κ3) is 7.29. The van der Waals surface area contributed by atoms with Crippen molar-refractivity contribution in [3.63, 3.8) is 0 Å². The summed E-state index contributed by atoms with van der Waals surface area (Å²) in [6, 6.07) is 13.8. The summed E-state index contributed by atoms with van der Waals surface area (Å²) in [6.45, 7) is 0.691. The van der Waals surface area contributed by atoms with Gasteiger partial charge in [0.15, 0.2) is 0 Å². The highest BCUT2D eigenvalue weighted by atomic mass is 35.5. The average Bonchev–Trinajstić information content (AvgIpc) is 2.54. The number of aromatic nitrogens is 1. The predicted octanol–water partition coefficient (Wildman–Crippen LogP) is 3.82. The molecular formula is C17H19ClN2OS. The fraction of sp³-hybridized carbons (Fsp3) is 0.176. The number of halogens is 1. The Bertz CT molecular complexity index is 576. The lowest BCUT2D eigenvalue weighted by molar-refractivity contribution is -0.116. The summed E-state index contributed by atoms with van der Waals surface area (Å²) >= 11 is 1.77. The molecule has 2 aromatic rings. The molecule has 0 bridgehead atoms. The molecule has 0 aliphatic heterocycles. The van der Waals surface area contributed by atoms with Crippen LogP contribution in [-0.2, 0) is 4.79 Å². The number of hydrogen-bond donors (Lipinski definition) is 1. The first-order chi connectivity index (χ1) is 10.3. The number of thioether (sulfide) groups is 1. The molecule has 0 unspecified atom stereocenters. The minimum atomic E-state index is -0.0484. The highest BCUT2D eigenvalue weighted by molar-refractivity contribution is 7.99. The van der Waals surface area contributed by atoms with Crippen molar-refractivity contribution in [1.82, 2.24) is 10.3 Å². The van der Waals surface area contributed by atoms with Gasteiger partial charge in [-0.25, -0.2) is 0 Å². The first-order valence-electron chi connectivity index (χ1n) is 6.88. The van der Waals surface area contributed by atoms with Crippen LogP contribution in [0.2, 0.25) is 0 Å². The van der Waals surface area contributed by atoms with Gasteiger partial charge < -0.3 is 5.32 Å². The van der Waals surface area contributed by atoms with Gasteiger partial charge in [-0.3, -0.25) is 9.78 Å². The Labute approximate surface area is 141 Å². The van der Waals surface area contributed by atoms with Crippen molar-refractivity contribution in [2.45, 2.75) is 11.3 Å². The van der Waals surface area contributed by atoms with E-state index in [9.17, 15) is 4.79 Å². The highest BCUT2D eigenvalue weighted by Gasteiger charge is 1.96. The van der Waals surface area contributed by atoms with Crippen LogP contribution in [0.15, 0.2) is 65.8 Å². The first kappa shape index (κ1) is 18.3. The van der Waals surface area contributed by atoms with Gasteiger partial charge in [0.1, 0.15) is 0 Å². The van der Waals surface area contributed by atoms with Gasteiger partial charge in [-0.05, 0) is 35.9 Å². The number of amides is 1. The van der Waals surface area contributed by atoms with Crippen LogP contribution >= 0.6 is 24.2 Å². The molecule has 5 heteroatoms. The Kier molecular flexibility index (Phi) is 9.03. The van der Waals surface area contributed by atoms with Gasteiger partial charge in [-0.2, -0.15) is 0 Å². The second-order valence-electron chi connectivity index (χ2n) is 4.42. The zero-order chi connectivity index (χ0) is 14.8. The molecule has 3 nitrogen and oxygen atoms in total. The molecular weight excluding hydrogens is 316 g/mol. The lowest BCUT2D eigenvalue weighted by Gasteiger charge is -2.02. The maximum Gasteiger partial charge on any atom is 0.243 e. The molecule has 0 saturated carbocycles. The molecule has 116 valence electrons. The molecule has 1 aromatic heterocycles. The lowest BCUT2D eigenvalue weighted by Crippen LogP contribution is -2.22. The van der Waals surface area contributed by atoms with E-state index in [2.05, 4.69) is 10.3 Å². The number of hydrogen-bond acceptors (Lipinski definition) is 3. The van der Waals surface area contributed by atoms with E-state index in [1.807, 2.05) is 48.5 Å². The molecule has 0 saturated heterocycles. The average molecular weight is 335 g/mol. The smallest absolute Gasteiger partial charge is 0.243 e. The highest BCUT2D eigenvalue weighted by Crippen LogP contribution is 2.16. The van der Waals surface area contributed by atoms with Crippen molar-refractivity contribution in [3.05, 3.63) is 66.5 Å². The van der Waals surface area contributed by atoms with Gasteiger partial charge in [0, 0.05) is 29.9 Å². The van der Waals surface area contributed by atoms with E-state index < -0.39 is 0 Å². The molecule has 0 atom stereocenters. The normalized spacial score (nSPS) is 10.2. The molecule has 0 spiro atoms. The minimum Gasteiger partial charge on any atom is -0.353 e. The Morgan fingerprint density at radius 3 is 2.59 bits per heavy atom. The van der Waals surface area contributed by atoms with E-state index >= 15 is 0 Å².